The van der Waals surface area contributed by atoms with Crippen LogP contribution in [0.25, 0.3) is 5.70 Å². The van der Waals surface area contributed by atoms with E-state index in [1.54, 1.807) is 0 Å². The van der Waals surface area contributed by atoms with E-state index in [1.165, 1.54) is 18.4 Å². The molecule has 0 radical (unpaired) electrons. The number of nitriles is 1. The minimum atomic E-state index is -0.0339. The van der Waals surface area contributed by atoms with Crippen molar-refractivity contribution in [2.24, 2.45) is 5.41 Å². The van der Waals surface area contributed by atoms with Crippen molar-refractivity contribution in [3.05, 3.63) is 71.3 Å². The summed E-state index contributed by atoms with van der Waals surface area (Å²) in [5.41, 5.74) is 5.05. The standard InChI is InChI=1S/C22H21N3S/c23-15-19-20(25-21(26)24-17-9-2-1-3-10-17)18-11-5-4-8-16(18)14-22(19)12-6-7-13-22/h1-5,8-11H,6-7,12-14H2,(H2,24,25,26). The molecule has 0 unspecified atom stereocenters. The van der Waals surface area contributed by atoms with Crippen LogP contribution in [0.2, 0.25) is 0 Å². The van der Waals surface area contributed by atoms with Gasteiger partial charge in [0.25, 0.3) is 0 Å². The molecule has 130 valence electrons. The highest BCUT2D eigenvalue weighted by atomic mass is 32.1. The summed E-state index contributed by atoms with van der Waals surface area (Å²) >= 11 is 5.54. The fourth-order valence-electron chi connectivity index (χ4n) is 4.35. The molecule has 0 bridgehead atoms. The van der Waals surface area contributed by atoms with E-state index in [0.717, 1.165) is 41.8 Å². The van der Waals surface area contributed by atoms with Gasteiger partial charge < -0.3 is 10.6 Å². The van der Waals surface area contributed by atoms with Crippen molar-refractivity contribution in [3.8, 4) is 6.07 Å². The fraction of sp³-hybridized carbons (Fsp3) is 0.273. The van der Waals surface area contributed by atoms with Gasteiger partial charge in [0.2, 0.25) is 0 Å². The molecule has 0 heterocycles. The monoisotopic (exact) mass is 359 g/mol. The molecule has 3 nitrogen and oxygen atoms in total. The van der Waals surface area contributed by atoms with Crippen LogP contribution in [0, 0.1) is 16.7 Å². The Bertz CT molecular complexity index is 902. The van der Waals surface area contributed by atoms with Crippen molar-refractivity contribution in [1.29, 1.82) is 5.26 Å². The first-order chi connectivity index (χ1) is 12.7. The summed E-state index contributed by atoms with van der Waals surface area (Å²) in [4.78, 5) is 0. The molecule has 0 aliphatic heterocycles. The molecular formula is C22H21N3S. The highest BCUT2D eigenvalue weighted by molar-refractivity contribution is 7.80. The maximum absolute atomic E-state index is 10.0. The van der Waals surface area contributed by atoms with E-state index in [4.69, 9.17) is 12.2 Å². The minimum Gasteiger partial charge on any atom is -0.332 e. The smallest absolute Gasteiger partial charge is 0.175 e. The predicted octanol–water partition coefficient (Wildman–Crippen LogP) is 5.02. The van der Waals surface area contributed by atoms with Crippen LogP contribution in [-0.4, -0.2) is 5.11 Å². The second-order valence-corrected chi connectivity index (χ2v) is 7.54. The predicted molar refractivity (Wildman–Crippen MR) is 109 cm³/mol. The molecular weight excluding hydrogens is 338 g/mol. The second kappa shape index (κ2) is 6.93. The Morgan fingerprint density at radius 3 is 2.38 bits per heavy atom. The van der Waals surface area contributed by atoms with Gasteiger partial charge in [-0.05, 0) is 49.2 Å². The van der Waals surface area contributed by atoms with Crippen LogP contribution < -0.4 is 10.6 Å². The third-order valence-corrected chi connectivity index (χ3v) is 5.74. The molecule has 1 spiro atoms. The molecule has 1 saturated carbocycles. The zero-order chi connectivity index (χ0) is 18.0. The van der Waals surface area contributed by atoms with Gasteiger partial charge in [0.15, 0.2) is 5.11 Å². The largest absolute Gasteiger partial charge is 0.332 e. The van der Waals surface area contributed by atoms with Gasteiger partial charge in [0.1, 0.15) is 0 Å². The summed E-state index contributed by atoms with van der Waals surface area (Å²) < 4.78 is 0. The molecule has 4 heteroatoms. The molecule has 2 N–H and O–H groups in total. The lowest BCUT2D eigenvalue weighted by Crippen LogP contribution is -2.35. The third kappa shape index (κ3) is 3.00. The first kappa shape index (κ1) is 16.8. The number of para-hydroxylation sites is 1. The number of allylic oxidation sites excluding steroid dienone is 1. The Kier molecular flexibility index (Phi) is 4.48. The molecule has 2 aliphatic carbocycles. The van der Waals surface area contributed by atoms with E-state index >= 15 is 0 Å². The molecule has 0 aromatic heterocycles. The van der Waals surface area contributed by atoms with E-state index in [2.05, 4.69) is 34.9 Å². The summed E-state index contributed by atoms with van der Waals surface area (Å²) in [6, 6.07) is 20.7. The van der Waals surface area contributed by atoms with E-state index < -0.39 is 0 Å². The van der Waals surface area contributed by atoms with Crippen molar-refractivity contribution >= 4 is 28.7 Å². The quantitative estimate of drug-likeness (QED) is 0.739. The van der Waals surface area contributed by atoms with Crippen molar-refractivity contribution in [2.45, 2.75) is 32.1 Å². The van der Waals surface area contributed by atoms with E-state index in [1.807, 2.05) is 36.4 Å². The Morgan fingerprint density at radius 2 is 1.65 bits per heavy atom. The Morgan fingerprint density at radius 1 is 0.962 bits per heavy atom. The molecule has 0 saturated heterocycles. The van der Waals surface area contributed by atoms with Crippen molar-refractivity contribution in [1.82, 2.24) is 5.32 Å². The number of fused-ring (bicyclic) bond motifs is 1. The molecule has 2 aromatic carbocycles. The average Bonchev–Trinajstić information content (AvgIpc) is 3.11. The summed E-state index contributed by atoms with van der Waals surface area (Å²) in [6.07, 6.45) is 5.49. The SMILES string of the molecule is N#CC1=C(NC(=S)Nc2ccccc2)c2ccccc2CC12CCCC2. The van der Waals surface area contributed by atoms with E-state index in [-0.39, 0.29) is 5.41 Å². The Labute approximate surface area is 159 Å². The average molecular weight is 359 g/mol. The molecule has 0 amide bonds. The summed E-state index contributed by atoms with van der Waals surface area (Å²) in [6.45, 7) is 0. The van der Waals surface area contributed by atoms with Crippen LogP contribution in [0.5, 0.6) is 0 Å². The van der Waals surface area contributed by atoms with Crippen LogP contribution in [0.1, 0.15) is 36.8 Å². The maximum atomic E-state index is 10.0. The van der Waals surface area contributed by atoms with Crippen LogP contribution in [0.4, 0.5) is 5.69 Å². The van der Waals surface area contributed by atoms with E-state index in [9.17, 15) is 5.26 Å². The van der Waals surface area contributed by atoms with Gasteiger partial charge in [0, 0.05) is 16.7 Å². The zero-order valence-corrected chi connectivity index (χ0v) is 15.4. The lowest BCUT2D eigenvalue weighted by molar-refractivity contribution is 0.371. The van der Waals surface area contributed by atoms with Crippen molar-refractivity contribution < 1.29 is 0 Å². The van der Waals surface area contributed by atoms with Gasteiger partial charge in [-0.15, -0.1) is 0 Å². The van der Waals surface area contributed by atoms with Gasteiger partial charge in [-0.3, -0.25) is 0 Å². The van der Waals surface area contributed by atoms with Crippen molar-refractivity contribution in [2.75, 3.05) is 5.32 Å². The molecule has 26 heavy (non-hydrogen) atoms. The number of hydrogen-bond donors (Lipinski definition) is 2. The Balaban J connectivity index is 1.71. The van der Waals surface area contributed by atoms with Gasteiger partial charge in [-0.25, -0.2) is 0 Å². The summed E-state index contributed by atoms with van der Waals surface area (Å²) in [5, 5.41) is 17.1. The van der Waals surface area contributed by atoms with Gasteiger partial charge in [-0.2, -0.15) is 5.26 Å². The molecule has 0 atom stereocenters. The summed E-state index contributed by atoms with van der Waals surface area (Å²) in [5.74, 6) is 0. The maximum Gasteiger partial charge on any atom is 0.175 e. The number of rotatable bonds is 2. The van der Waals surface area contributed by atoms with Gasteiger partial charge in [-0.1, -0.05) is 55.3 Å². The number of anilines is 1. The van der Waals surface area contributed by atoms with Crippen LogP contribution >= 0.6 is 12.2 Å². The molecule has 2 aromatic rings. The number of nitrogens with zero attached hydrogens (tertiary/aromatic N) is 1. The first-order valence-corrected chi connectivity index (χ1v) is 9.49. The Hall–Kier alpha value is -2.64. The van der Waals surface area contributed by atoms with Gasteiger partial charge in [0.05, 0.1) is 17.3 Å². The minimum absolute atomic E-state index is 0.0339. The molecule has 4 rings (SSSR count). The van der Waals surface area contributed by atoms with Crippen LogP contribution in [-0.2, 0) is 6.42 Å². The zero-order valence-electron chi connectivity index (χ0n) is 14.6. The highest BCUT2D eigenvalue weighted by Gasteiger charge is 2.43. The fourth-order valence-corrected chi connectivity index (χ4v) is 4.57. The molecule has 2 aliphatic rings. The number of nitrogens with one attached hydrogen (secondary N) is 2. The van der Waals surface area contributed by atoms with E-state index in [0.29, 0.717) is 5.11 Å². The summed E-state index contributed by atoms with van der Waals surface area (Å²) in [7, 11) is 0. The molecule has 1 fully saturated rings. The number of hydrogen-bond acceptors (Lipinski definition) is 2. The second-order valence-electron chi connectivity index (χ2n) is 7.13. The lowest BCUT2D eigenvalue weighted by Gasteiger charge is -2.36. The normalized spacial score (nSPS) is 17.5. The third-order valence-electron chi connectivity index (χ3n) is 5.54. The van der Waals surface area contributed by atoms with Crippen LogP contribution in [0.3, 0.4) is 0 Å². The highest BCUT2D eigenvalue weighted by Crippen LogP contribution is 2.51. The number of benzene rings is 2. The first-order valence-electron chi connectivity index (χ1n) is 9.08. The van der Waals surface area contributed by atoms with Gasteiger partial charge >= 0.3 is 0 Å². The topological polar surface area (TPSA) is 47.9 Å². The van der Waals surface area contributed by atoms with Crippen LogP contribution in [0.15, 0.2) is 60.2 Å². The van der Waals surface area contributed by atoms with Crippen molar-refractivity contribution in [3.63, 3.8) is 0 Å². The number of thiocarbonyl (C=S) groups is 1. The lowest BCUT2D eigenvalue weighted by atomic mass is 9.68.